The van der Waals surface area contributed by atoms with Crippen LogP contribution in [0.2, 0.25) is 0 Å². The molecule has 2 N–H and O–H groups in total. The topological polar surface area (TPSA) is 84.3 Å². The van der Waals surface area contributed by atoms with Crippen molar-refractivity contribution in [2.24, 2.45) is 0 Å². The fourth-order valence-electron chi connectivity index (χ4n) is 1.88. The second kappa shape index (κ2) is 4.66. The molecule has 0 spiro atoms. The fourth-order valence-corrected chi connectivity index (χ4v) is 1.88. The lowest BCUT2D eigenvalue weighted by molar-refractivity contribution is -0.118. The number of aliphatic hydroxyl groups is 1. The highest BCUT2D eigenvalue weighted by Crippen LogP contribution is 2.31. The lowest BCUT2D eigenvalue weighted by atomic mass is 10.1. The average molecular weight is 257 g/mol. The molecule has 1 aliphatic heterocycles. The first-order valence-electron chi connectivity index (χ1n) is 5.76. The van der Waals surface area contributed by atoms with E-state index in [2.05, 4.69) is 15.3 Å². The number of carbonyl (C=O) groups is 1. The van der Waals surface area contributed by atoms with Gasteiger partial charge in [-0.25, -0.2) is 9.97 Å². The van der Waals surface area contributed by atoms with Crippen LogP contribution in [0.5, 0.6) is 5.75 Å². The maximum atomic E-state index is 11.3. The third kappa shape index (κ3) is 2.25. The maximum absolute atomic E-state index is 11.3. The van der Waals surface area contributed by atoms with Crippen molar-refractivity contribution in [1.82, 2.24) is 9.97 Å². The molecule has 96 valence electrons. The van der Waals surface area contributed by atoms with Gasteiger partial charge in [0.05, 0.1) is 11.4 Å². The van der Waals surface area contributed by atoms with Crippen molar-refractivity contribution >= 4 is 11.6 Å². The van der Waals surface area contributed by atoms with Crippen molar-refractivity contribution in [1.29, 1.82) is 0 Å². The van der Waals surface area contributed by atoms with Crippen LogP contribution in [0.1, 0.15) is 5.82 Å². The van der Waals surface area contributed by atoms with Crippen LogP contribution >= 0.6 is 0 Å². The molecule has 0 saturated heterocycles. The summed E-state index contributed by atoms with van der Waals surface area (Å²) in [6, 6.07) is 7.16. The summed E-state index contributed by atoms with van der Waals surface area (Å²) in [6.45, 7) is -0.173. The van der Waals surface area contributed by atoms with Crippen LogP contribution in [0, 0.1) is 0 Å². The van der Waals surface area contributed by atoms with Crippen LogP contribution in [0.25, 0.3) is 11.3 Å². The Morgan fingerprint density at radius 2 is 2.26 bits per heavy atom. The van der Waals surface area contributed by atoms with E-state index in [0.29, 0.717) is 23.0 Å². The molecule has 2 aromatic rings. The van der Waals surface area contributed by atoms with E-state index in [-0.39, 0.29) is 19.1 Å². The number of nitrogens with zero attached hydrogens (tertiary/aromatic N) is 2. The zero-order valence-corrected chi connectivity index (χ0v) is 9.96. The van der Waals surface area contributed by atoms with Gasteiger partial charge in [0.1, 0.15) is 12.4 Å². The highest BCUT2D eigenvalue weighted by Gasteiger charge is 2.16. The quantitative estimate of drug-likeness (QED) is 0.837. The van der Waals surface area contributed by atoms with Crippen molar-refractivity contribution in [3.8, 4) is 17.0 Å². The van der Waals surface area contributed by atoms with E-state index < -0.39 is 0 Å². The molecule has 1 aliphatic rings. The van der Waals surface area contributed by atoms with E-state index in [1.165, 1.54) is 0 Å². The Bertz CT molecular complexity index is 643. The predicted octanol–water partition coefficient (Wildman–Crippen LogP) is 0.967. The first kappa shape index (κ1) is 11.6. The van der Waals surface area contributed by atoms with E-state index >= 15 is 0 Å². The van der Waals surface area contributed by atoms with Crippen LogP contribution in [0.15, 0.2) is 30.5 Å². The zero-order valence-electron chi connectivity index (χ0n) is 9.96. The molecule has 0 saturated carbocycles. The van der Waals surface area contributed by atoms with Gasteiger partial charge in [-0.2, -0.15) is 0 Å². The Kier molecular flexibility index (Phi) is 2.85. The van der Waals surface area contributed by atoms with Gasteiger partial charge >= 0.3 is 0 Å². The number of hydrogen-bond acceptors (Lipinski definition) is 5. The molecular formula is C13H11N3O3. The van der Waals surface area contributed by atoms with E-state index in [0.717, 1.165) is 5.56 Å². The molecule has 0 aliphatic carbocycles. The molecule has 6 nitrogen and oxygen atoms in total. The summed E-state index contributed by atoms with van der Waals surface area (Å²) >= 11 is 0. The summed E-state index contributed by atoms with van der Waals surface area (Å²) in [7, 11) is 0. The second-order valence-corrected chi connectivity index (χ2v) is 4.06. The summed E-state index contributed by atoms with van der Waals surface area (Å²) in [6.07, 6.45) is 1.59. The third-order valence-electron chi connectivity index (χ3n) is 2.76. The molecule has 0 bridgehead atoms. The molecule has 1 aromatic carbocycles. The Hall–Kier alpha value is -2.47. The zero-order chi connectivity index (χ0) is 13.2. The summed E-state index contributed by atoms with van der Waals surface area (Å²) in [4.78, 5) is 19.4. The molecule has 2 heterocycles. The van der Waals surface area contributed by atoms with Gasteiger partial charge in [0.2, 0.25) is 0 Å². The molecule has 3 rings (SSSR count). The minimum absolute atomic E-state index is 0.0362. The second-order valence-electron chi connectivity index (χ2n) is 4.06. The molecule has 1 aromatic heterocycles. The lowest BCUT2D eigenvalue weighted by Crippen LogP contribution is -2.25. The summed E-state index contributed by atoms with van der Waals surface area (Å²) in [5.41, 5.74) is 2.13. The number of fused-ring (bicyclic) bond motifs is 1. The van der Waals surface area contributed by atoms with E-state index in [4.69, 9.17) is 9.84 Å². The monoisotopic (exact) mass is 257 g/mol. The van der Waals surface area contributed by atoms with Gasteiger partial charge in [0.25, 0.3) is 5.91 Å². The summed E-state index contributed by atoms with van der Waals surface area (Å²) in [5.74, 6) is 0.818. The number of ether oxygens (including phenoxy) is 1. The van der Waals surface area contributed by atoms with Crippen molar-refractivity contribution in [3.63, 3.8) is 0 Å². The SMILES string of the molecule is O=C1COc2ccc(-c3ccnc(CO)n3)cc2N1. The standard InChI is InChI=1S/C13H11N3O3/c17-6-12-14-4-3-9(15-12)8-1-2-11-10(5-8)16-13(18)7-19-11/h1-5,17H,6-7H2,(H,16,18). The molecule has 0 unspecified atom stereocenters. The molecule has 0 fully saturated rings. The largest absolute Gasteiger partial charge is 0.482 e. The minimum atomic E-state index is -0.210. The summed E-state index contributed by atoms with van der Waals surface area (Å²) in [5, 5.41) is 11.8. The van der Waals surface area contributed by atoms with Gasteiger partial charge in [-0.3, -0.25) is 4.79 Å². The van der Waals surface area contributed by atoms with Crippen LogP contribution in [0.4, 0.5) is 5.69 Å². The van der Waals surface area contributed by atoms with Gasteiger partial charge in [0.15, 0.2) is 12.4 Å². The lowest BCUT2D eigenvalue weighted by Gasteiger charge is -2.18. The highest BCUT2D eigenvalue weighted by atomic mass is 16.5. The Balaban J connectivity index is 2.01. The van der Waals surface area contributed by atoms with Crippen molar-refractivity contribution in [2.45, 2.75) is 6.61 Å². The van der Waals surface area contributed by atoms with Gasteiger partial charge in [-0.05, 0) is 24.3 Å². The number of rotatable bonds is 2. The van der Waals surface area contributed by atoms with Crippen LogP contribution in [0.3, 0.4) is 0 Å². The van der Waals surface area contributed by atoms with Crippen molar-refractivity contribution in [2.75, 3.05) is 11.9 Å². The van der Waals surface area contributed by atoms with Crippen molar-refractivity contribution < 1.29 is 14.6 Å². The van der Waals surface area contributed by atoms with Gasteiger partial charge in [-0.1, -0.05) is 0 Å². The van der Waals surface area contributed by atoms with Crippen LogP contribution < -0.4 is 10.1 Å². The number of aromatic nitrogens is 2. The van der Waals surface area contributed by atoms with E-state index in [9.17, 15) is 4.79 Å². The van der Waals surface area contributed by atoms with Gasteiger partial charge in [-0.15, -0.1) is 0 Å². The van der Waals surface area contributed by atoms with Gasteiger partial charge in [0, 0.05) is 11.8 Å². The Morgan fingerprint density at radius 3 is 3.11 bits per heavy atom. The smallest absolute Gasteiger partial charge is 0.262 e. The molecule has 6 heteroatoms. The number of amides is 1. The first-order chi connectivity index (χ1) is 9.26. The highest BCUT2D eigenvalue weighted by molar-refractivity contribution is 5.96. The molecule has 19 heavy (non-hydrogen) atoms. The van der Waals surface area contributed by atoms with Crippen LogP contribution in [-0.4, -0.2) is 27.6 Å². The Labute approximate surface area is 109 Å². The number of anilines is 1. The first-order valence-corrected chi connectivity index (χ1v) is 5.76. The normalized spacial score (nSPS) is 13.4. The predicted molar refractivity (Wildman–Crippen MR) is 67.5 cm³/mol. The summed E-state index contributed by atoms with van der Waals surface area (Å²) < 4.78 is 5.29. The molecular weight excluding hydrogens is 246 g/mol. The average Bonchev–Trinajstić information content (AvgIpc) is 2.46. The third-order valence-corrected chi connectivity index (χ3v) is 2.76. The number of hydrogen-bond donors (Lipinski definition) is 2. The minimum Gasteiger partial charge on any atom is -0.482 e. The number of nitrogens with one attached hydrogen (secondary N) is 1. The number of carbonyl (C=O) groups excluding carboxylic acids is 1. The van der Waals surface area contributed by atoms with E-state index in [1.807, 2.05) is 6.07 Å². The van der Waals surface area contributed by atoms with Crippen molar-refractivity contribution in [3.05, 3.63) is 36.3 Å². The molecule has 0 radical (unpaired) electrons. The maximum Gasteiger partial charge on any atom is 0.262 e. The number of benzene rings is 1. The Morgan fingerprint density at radius 1 is 1.37 bits per heavy atom. The fraction of sp³-hybridized carbons (Fsp3) is 0.154. The molecule has 0 atom stereocenters. The number of aliphatic hydroxyl groups excluding tert-OH is 1. The van der Waals surface area contributed by atoms with Gasteiger partial charge < -0.3 is 15.2 Å². The molecule has 1 amide bonds. The van der Waals surface area contributed by atoms with Crippen LogP contribution in [-0.2, 0) is 11.4 Å². The van der Waals surface area contributed by atoms with E-state index in [1.54, 1.807) is 24.4 Å².